The zero-order chi connectivity index (χ0) is 14.7. The van der Waals surface area contributed by atoms with E-state index in [0.717, 1.165) is 4.31 Å². The molecule has 1 aromatic carbocycles. The minimum Gasteiger partial charge on any atom is -0.460 e. The number of morpholine rings is 1. The molecule has 0 unspecified atom stereocenters. The van der Waals surface area contributed by atoms with Crippen molar-refractivity contribution in [3.05, 3.63) is 27.7 Å². The number of aryl methyl sites for hydroxylation is 1. The van der Waals surface area contributed by atoms with E-state index < -0.39 is 22.0 Å². The third-order valence-corrected chi connectivity index (χ3v) is 6.32. The molecule has 3 rings (SSSR count). The fraction of sp³-hybridized carbons (Fsp3) is 0.417. The van der Waals surface area contributed by atoms with E-state index >= 15 is 0 Å². The molecule has 2 aliphatic rings. The van der Waals surface area contributed by atoms with E-state index in [1.807, 2.05) is 0 Å². The van der Waals surface area contributed by atoms with Crippen LogP contribution in [0.3, 0.4) is 0 Å². The summed E-state index contributed by atoms with van der Waals surface area (Å²) in [5.74, 6) is -0.494. The summed E-state index contributed by atoms with van der Waals surface area (Å²) in [6, 6.07) is 2.09. The highest BCUT2D eigenvalue weighted by Crippen LogP contribution is 2.37. The Morgan fingerprint density at radius 1 is 1.30 bits per heavy atom. The zero-order valence-corrected chi connectivity index (χ0v) is 12.8. The minimum absolute atomic E-state index is 0.0265. The Labute approximate surface area is 126 Å². The number of sulfonamides is 1. The number of esters is 1. The first-order chi connectivity index (χ1) is 9.30. The number of carbonyl (C=O) groups is 1. The molecule has 0 spiro atoms. The number of rotatable bonds is 2. The van der Waals surface area contributed by atoms with Crippen LogP contribution in [0.15, 0.2) is 17.0 Å². The Morgan fingerprint density at radius 2 is 2.00 bits per heavy atom. The molecular weight excluding hydrogens is 325 g/mol. The van der Waals surface area contributed by atoms with Gasteiger partial charge >= 0.3 is 5.97 Å². The molecule has 5 nitrogen and oxygen atoms in total. The lowest BCUT2D eigenvalue weighted by molar-refractivity contribution is -0.148. The predicted octanol–water partition coefficient (Wildman–Crippen LogP) is 1.99. The van der Waals surface area contributed by atoms with Gasteiger partial charge < -0.3 is 4.74 Å². The van der Waals surface area contributed by atoms with Crippen LogP contribution in [0.2, 0.25) is 10.0 Å². The highest BCUT2D eigenvalue weighted by Gasteiger charge is 2.51. The van der Waals surface area contributed by atoms with Crippen LogP contribution in [0.4, 0.5) is 0 Å². The molecule has 8 heteroatoms. The SMILES string of the molecule is Cc1cc(S(=O)(=O)N2C[C@H]3C[C@H]2C(=O)O3)c(Cl)cc1Cl. The molecule has 20 heavy (non-hydrogen) atoms. The quantitative estimate of drug-likeness (QED) is 0.775. The third-order valence-electron chi connectivity index (χ3n) is 3.57. The number of hydrogen-bond donors (Lipinski definition) is 0. The van der Waals surface area contributed by atoms with Crippen molar-refractivity contribution in [3.8, 4) is 0 Å². The van der Waals surface area contributed by atoms with E-state index in [1.165, 1.54) is 12.1 Å². The minimum atomic E-state index is -3.83. The van der Waals surface area contributed by atoms with Crippen molar-refractivity contribution in [1.82, 2.24) is 4.31 Å². The maximum absolute atomic E-state index is 12.6. The second-order valence-corrected chi connectivity index (χ2v) is 7.59. The van der Waals surface area contributed by atoms with Crippen molar-refractivity contribution >= 4 is 39.2 Å². The van der Waals surface area contributed by atoms with Crippen LogP contribution < -0.4 is 0 Å². The van der Waals surface area contributed by atoms with Gasteiger partial charge in [-0.2, -0.15) is 4.31 Å². The molecule has 0 radical (unpaired) electrons. The molecule has 1 aromatic rings. The highest BCUT2D eigenvalue weighted by atomic mass is 35.5. The Hall–Kier alpha value is -0.820. The first kappa shape index (κ1) is 14.1. The number of benzene rings is 1. The molecule has 2 fully saturated rings. The standard InChI is InChI=1S/C12H11Cl2NO4S/c1-6-2-11(9(14)4-8(6)13)20(17,18)15-5-7-3-10(15)12(16)19-7/h2,4,7,10H,3,5H2,1H3/t7-,10+/m1/s1. The fourth-order valence-electron chi connectivity index (χ4n) is 2.53. The van der Waals surface area contributed by atoms with Crippen LogP contribution in [0.5, 0.6) is 0 Å². The maximum atomic E-state index is 12.6. The number of carbonyl (C=O) groups excluding carboxylic acids is 1. The average molecular weight is 336 g/mol. The van der Waals surface area contributed by atoms with E-state index in [0.29, 0.717) is 17.0 Å². The molecular formula is C12H11Cl2NO4S. The Kier molecular flexibility index (Phi) is 3.25. The third kappa shape index (κ3) is 2.02. The Morgan fingerprint density at radius 3 is 2.60 bits per heavy atom. The van der Waals surface area contributed by atoms with Gasteiger partial charge in [0, 0.05) is 11.4 Å². The summed E-state index contributed by atoms with van der Waals surface area (Å²) in [6.07, 6.45) is 0.0527. The van der Waals surface area contributed by atoms with E-state index in [-0.39, 0.29) is 22.6 Å². The van der Waals surface area contributed by atoms with Gasteiger partial charge in [0.15, 0.2) is 0 Å². The predicted molar refractivity (Wildman–Crippen MR) is 73.4 cm³/mol. The molecule has 0 N–H and O–H groups in total. The lowest BCUT2D eigenvalue weighted by Crippen LogP contribution is -2.44. The second-order valence-electron chi connectivity index (χ2n) is 4.92. The Bertz CT molecular complexity index is 704. The van der Waals surface area contributed by atoms with E-state index in [1.54, 1.807) is 6.92 Å². The lowest BCUT2D eigenvalue weighted by Gasteiger charge is -2.25. The highest BCUT2D eigenvalue weighted by molar-refractivity contribution is 7.89. The monoisotopic (exact) mass is 335 g/mol. The summed E-state index contributed by atoms with van der Waals surface area (Å²) in [5.41, 5.74) is 0.613. The van der Waals surface area contributed by atoms with Crippen molar-refractivity contribution in [3.63, 3.8) is 0 Å². The van der Waals surface area contributed by atoms with Crippen molar-refractivity contribution in [2.75, 3.05) is 6.54 Å². The van der Waals surface area contributed by atoms with Crippen LogP contribution in [0.25, 0.3) is 0 Å². The number of halogens is 2. The van der Waals surface area contributed by atoms with Crippen molar-refractivity contribution in [2.24, 2.45) is 0 Å². The summed E-state index contributed by atoms with van der Waals surface area (Å²) in [7, 11) is -3.83. The van der Waals surface area contributed by atoms with Gasteiger partial charge in [-0.05, 0) is 24.6 Å². The number of nitrogens with zero attached hydrogens (tertiary/aromatic N) is 1. The van der Waals surface area contributed by atoms with Gasteiger partial charge in [-0.3, -0.25) is 4.79 Å². The molecule has 0 amide bonds. The molecule has 0 aliphatic carbocycles. The van der Waals surface area contributed by atoms with Crippen molar-refractivity contribution in [1.29, 1.82) is 0 Å². The van der Waals surface area contributed by atoms with Gasteiger partial charge in [-0.1, -0.05) is 23.2 Å². The molecule has 0 saturated carbocycles. The maximum Gasteiger partial charge on any atom is 0.324 e. The van der Waals surface area contributed by atoms with Crippen LogP contribution in [0.1, 0.15) is 12.0 Å². The summed E-state index contributed by atoms with van der Waals surface area (Å²) < 4.78 is 31.4. The zero-order valence-electron chi connectivity index (χ0n) is 10.5. The largest absolute Gasteiger partial charge is 0.460 e. The summed E-state index contributed by atoms with van der Waals surface area (Å²) >= 11 is 11.9. The number of fused-ring (bicyclic) bond motifs is 2. The van der Waals surface area contributed by atoms with Gasteiger partial charge in [0.25, 0.3) is 0 Å². The van der Waals surface area contributed by atoms with Crippen LogP contribution in [0, 0.1) is 6.92 Å². The number of ether oxygens (including phenoxy) is 1. The summed E-state index contributed by atoms with van der Waals surface area (Å²) in [6.45, 7) is 1.87. The van der Waals surface area contributed by atoms with E-state index in [4.69, 9.17) is 27.9 Å². The molecule has 108 valence electrons. The van der Waals surface area contributed by atoms with Crippen LogP contribution in [-0.2, 0) is 19.6 Å². The summed E-state index contributed by atoms with van der Waals surface area (Å²) in [5, 5.41) is 0.452. The molecule has 0 aromatic heterocycles. The number of hydrogen-bond acceptors (Lipinski definition) is 4. The topological polar surface area (TPSA) is 63.7 Å². The van der Waals surface area contributed by atoms with E-state index in [9.17, 15) is 13.2 Å². The van der Waals surface area contributed by atoms with Gasteiger partial charge in [0.1, 0.15) is 17.0 Å². The van der Waals surface area contributed by atoms with Crippen LogP contribution in [-0.4, -0.2) is 37.4 Å². The van der Waals surface area contributed by atoms with Crippen molar-refractivity contribution in [2.45, 2.75) is 30.4 Å². The molecule has 2 heterocycles. The molecule has 2 atom stereocenters. The normalized spacial score (nSPS) is 26.1. The Balaban J connectivity index is 2.05. The van der Waals surface area contributed by atoms with Crippen LogP contribution >= 0.6 is 23.2 Å². The lowest BCUT2D eigenvalue weighted by atomic mass is 10.2. The smallest absolute Gasteiger partial charge is 0.324 e. The molecule has 2 aliphatic heterocycles. The first-order valence-electron chi connectivity index (χ1n) is 5.98. The average Bonchev–Trinajstić information content (AvgIpc) is 2.92. The van der Waals surface area contributed by atoms with Gasteiger partial charge in [0.2, 0.25) is 10.0 Å². The van der Waals surface area contributed by atoms with Gasteiger partial charge in [-0.15, -0.1) is 0 Å². The molecule has 2 saturated heterocycles. The van der Waals surface area contributed by atoms with Gasteiger partial charge in [0.05, 0.1) is 11.6 Å². The molecule has 2 bridgehead atoms. The van der Waals surface area contributed by atoms with Crippen molar-refractivity contribution < 1.29 is 17.9 Å². The van der Waals surface area contributed by atoms with Gasteiger partial charge in [-0.25, -0.2) is 8.42 Å². The first-order valence-corrected chi connectivity index (χ1v) is 8.18. The fourth-order valence-corrected chi connectivity index (χ4v) is 4.96. The second kappa shape index (κ2) is 4.59. The van der Waals surface area contributed by atoms with E-state index in [2.05, 4.69) is 0 Å². The summed E-state index contributed by atoms with van der Waals surface area (Å²) in [4.78, 5) is 11.5.